The molecule has 0 amide bonds. The summed E-state index contributed by atoms with van der Waals surface area (Å²) in [6.07, 6.45) is 22.4. The van der Waals surface area contributed by atoms with Crippen molar-refractivity contribution >= 4 is 0 Å². The van der Waals surface area contributed by atoms with E-state index in [2.05, 4.69) is 18.3 Å². The van der Waals surface area contributed by atoms with Gasteiger partial charge in [-0.2, -0.15) is 0 Å². The maximum atomic E-state index is 5.49. The molecule has 4 nitrogen and oxygen atoms in total. The van der Waals surface area contributed by atoms with Crippen molar-refractivity contribution in [3.05, 3.63) is 0 Å². The van der Waals surface area contributed by atoms with Crippen LogP contribution in [0.25, 0.3) is 0 Å². The molecular formula is C14H18O4. The number of hydrogen-bond donors (Lipinski definition) is 0. The van der Waals surface area contributed by atoms with Gasteiger partial charge < -0.3 is 18.9 Å². The topological polar surface area (TPSA) is 36.9 Å². The lowest BCUT2D eigenvalue weighted by Crippen LogP contribution is -2.40. The molecule has 0 fully saturated rings. The summed E-state index contributed by atoms with van der Waals surface area (Å²) in [6.45, 7) is 3.54. The summed E-state index contributed by atoms with van der Waals surface area (Å²) in [4.78, 5) is 0. The maximum absolute atomic E-state index is 5.49. The minimum Gasteiger partial charge on any atom is -0.446 e. The lowest BCUT2D eigenvalue weighted by Gasteiger charge is -2.29. The van der Waals surface area contributed by atoms with Crippen molar-refractivity contribution in [2.24, 2.45) is 5.41 Å². The van der Waals surface area contributed by atoms with Gasteiger partial charge in [0.1, 0.15) is 38.1 Å². The summed E-state index contributed by atoms with van der Waals surface area (Å²) < 4.78 is 20.4. The van der Waals surface area contributed by atoms with Crippen LogP contribution in [0.3, 0.4) is 0 Å². The second-order valence-electron chi connectivity index (χ2n) is 3.77. The molecule has 0 heterocycles. The van der Waals surface area contributed by atoms with E-state index in [-0.39, 0.29) is 19.8 Å². The molecule has 0 aliphatic rings. The lowest BCUT2D eigenvalue weighted by atomic mass is 9.92. The van der Waals surface area contributed by atoms with Crippen LogP contribution >= 0.6 is 0 Å². The van der Waals surface area contributed by atoms with E-state index < -0.39 is 5.41 Å². The highest BCUT2D eigenvalue weighted by Gasteiger charge is 2.34. The van der Waals surface area contributed by atoms with Crippen molar-refractivity contribution in [1.82, 2.24) is 0 Å². The van der Waals surface area contributed by atoms with Crippen molar-refractivity contribution in [1.29, 1.82) is 0 Å². The van der Waals surface area contributed by atoms with Crippen LogP contribution in [0.15, 0.2) is 0 Å². The van der Waals surface area contributed by atoms with Gasteiger partial charge in [0.05, 0.1) is 12.0 Å². The largest absolute Gasteiger partial charge is 0.446 e. The number of ether oxygens (including phenoxy) is 4. The molecule has 0 saturated heterocycles. The van der Waals surface area contributed by atoms with Gasteiger partial charge in [0.15, 0.2) is 0 Å². The van der Waals surface area contributed by atoms with Crippen LogP contribution < -0.4 is 0 Å². The fourth-order valence-corrected chi connectivity index (χ4v) is 1.27. The van der Waals surface area contributed by atoms with E-state index in [9.17, 15) is 0 Å². The monoisotopic (exact) mass is 250 g/mol. The van der Waals surface area contributed by atoms with Crippen LogP contribution in [0.5, 0.6) is 0 Å². The third-order valence-corrected chi connectivity index (χ3v) is 2.14. The van der Waals surface area contributed by atoms with Crippen LogP contribution in [0.1, 0.15) is 13.3 Å². The molecule has 0 atom stereocenters. The Balaban J connectivity index is 4.59. The lowest BCUT2D eigenvalue weighted by molar-refractivity contribution is -0.0570. The average Bonchev–Trinajstić information content (AvgIpc) is 2.40. The maximum Gasteiger partial charge on any atom is 0.115 e. The normalized spacial score (nSPS) is 9.67. The van der Waals surface area contributed by atoms with Crippen molar-refractivity contribution in [2.45, 2.75) is 13.3 Å². The van der Waals surface area contributed by atoms with Crippen LogP contribution in [0, 0.1) is 43.0 Å². The first-order chi connectivity index (χ1) is 8.74. The predicted octanol–water partition coefficient (Wildman–Crippen LogP) is 1.22. The summed E-state index contributed by atoms with van der Waals surface area (Å²) in [5, 5.41) is 0. The zero-order valence-corrected chi connectivity index (χ0v) is 10.6. The summed E-state index contributed by atoms with van der Waals surface area (Å²) in [6, 6.07) is 0. The van der Waals surface area contributed by atoms with E-state index in [0.29, 0.717) is 13.2 Å². The summed E-state index contributed by atoms with van der Waals surface area (Å²) in [7, 11) is 0. The Morgan fingerprint density at radius 1 is 0.833 bits per heavy atom. The highest BCUT2D eigenvalue weighted by molar-refractivity contribution is 4.86. The van der Waals surface area contributed by atoms with Gasteiger partial charge in [-0.25, -0.2) is 0 Å². The molecule has 0 radical (unpaired) electrons. The summed E-state index contributed by atoms with van der Waals surface area (Å²) in [5.74, 6) is 0. The van der Waals surface area contributed by atoms with Crippen LogP contribution in [0.4, 0.5) is 0 Å². The van der Waals surface area contributed by atoms with E-state index in [1.54, 1.807) is 0 Å². The SMILES string of the molecule is C#COCC(COC#C)(COC#C)COCCC. The quantitative estimate of drug-likeness (QED) is 0.431. The van der Waals surface area contributed by atoms with Gasteiger partial charge in [-0.1, -0.05) is 26.2 Å². The second-order valence-corrected chi connectivity index (χ2v) is 3.77. The number of hydrogen-bond acceptors (Lipinski definition) is 4. The van der Waals surface area contributed by atoms with E-state index in [0.717, 1.165) is 6.42 Å². The molecule has 0 aliphatic heterocycles. The molecule has 0 saturated carbocycles. The molecule has 0 aromatic rings. The van der Waals surface area contributed by atoms with Gasteiger partial charge in [-0.05, 0) is 6.42 Å². The Hall–Kier alpha value is -1.96. The molecule has 0 rings (SSSR count). The molecule has 4 heteroatoms. The average molecular weight is 250 g/mol. The third kappa shape index (κ3) is 6.59. The van der Waals surface area contributed by atoms with Gasteiger partial charge >= 0.3 is 0 Å². The minimum absolute atomic E-state index is 0.191. The zero-order valence-electron chi connectivity index (χ0n) is 10.6. The predicted molar refractivity (Wildman–Crippen MR) is 67.9 cm³/mol. The van der Waals surface area contributed by atoms with Crippen LogP contribution in [-0.4, -0.2) is 33.0 Å². The summed E-state index contributed by atoms with van der Waals surface area (Å²) >= 11 is 0. The first-order valence-corrected chi connectivity index (χ1v) is 5.54. The number of terminal acetylenes is 3. The number of rotatable bonds is 10. The Labute approximate surface area is 109 Å². The molecule has 0 unspecified atom stereocenters. The standard InChI is InChI=1S/C14H18O4/c1-5-9-18-13-14(10-15-6-2,11-16-7-3)12-17-8-4/h2-4H,5,9-13H2,1H3. The minimum atomic E-state index is -0.611. The molecular weight excluding hydrogens is 232 g/mol. The van der Waals surface area contributed by atoms with Crippen molar-refractivity contribution in [3.63, 3.8) is 0 Å². The molecule has 0 bridgehead atoms. The Morgan fingerprint density at radius 3 is 1.61 bits per heavy atom. The molecule has 0 spiro atoms. The molecule has 0 aromatic heterocycles. The van der Waals surface area contributed by atoms with Crippen molar-refractivity contribution in [2.75, 3.05) is 33.0 Å². The van der Waals surface area contributed by atoms with Crippen molar-refractivity contribution < 1.29 is 18.9 Å². The molecule has 0 aliphatic carbocycles. The van der Waals surface area contributed by atoms with Gasteiger partial charge in [0.25, 0.3) is 0 Å². The van der Waals surface area contributed by atoms with Gasteiger partial charge in [-0.3, -0.25) is 0 Å². The molecule has 0 aromatic carbocycles. The van der Waals surface area contributed by atoms with E-state index >= 15 is 0 Å². The Bertz CT molecular complexity index is 284. The smallest absolute Gasteiger partial charge is 0.115 e. The zero-order chi connectivity index (χ0) is 13.7. The van der Waals surface area contributed by atoms with Gasteiger partial charge in [-0.15, -0.1) is 0 Å². The van der Waals surface area contributed by atoms with Crippen molar-refractivity contribution in [3.8, 4) is 37.6 Å². The van der Waals surface area contributed by atoms with E-state index in [4.69, 9.17) is 38.2 Å². The highest BCUT2D eigenvalue weighted by atomic mass is 16.5. The Kier molecular flexibility index (Phi) is 9.10. The third-order valence-electron chi connectivity index (χ3n) is 2.14. The van der Waals surface area contributed by atoms with E-state index in [1.807, 2.05) is 6.92 Å². The van der Waals surface area contributed by atoms with Crippen LogP contribution in [-0.2, 0) is 18.9 Å². The Morgan fingerprint density at radius 2 is 1.28 bits per heavy atom. The molecule has 18 heavy (non-hydrogen) atoms. The van der Waals surface area contributed by atoms with Crippen LogP contribution in [0.2, 0.25) is 0 Å². The fraction of sp³-hybridized carbons (Fsp3) is 0.571. The molecule has 98 valence electrons. The van der Waals surface area contributed by atoms with E-state index in [1.165, 1.54) is 0 Å². The summed E-state index contributed by atoms with van der Waals surface area (Å²) in [5.41, 5.74) is -0.611. The highest BCUT2D eigenvalue weighted by Crippen LogP contribution is 2.20. The first-order valence-electron chi connectivity index (χ1n) is 5.54. The fourth-order valence-electron chi connectivity index (χ4n) is 1.27. The van der Waals surface area contributed by atoms with Gasteiger partial charge in [0.2, 0.25) is 0 Å². The van der Waals surface area contributed by atoms with Gasteiger partial charge in [0, 0.05) is 6.61 Å². The first kappa shape index (κ1) is 16.0. The second kappa shape index (κ2) is 10.2. The molecule has 0 N–H and O–H groups in total.